The summed E-state index contributed by atoms with van der Waals surface area (Å²) in [5.74, 6) is -0.288. The van der Waals surface area contributed by atoms with Crippen LogP contribution in [0.3, 0.4) is 0 Å². The second-order valence-electron chi connectivity index (χ2n) is 5.01. The molecule has 1 saturated heterocycles. The van der Waals surface area contributed by atoms with Crippen molar-refractivity contribution in [3.8, 4) is 0 Å². The van der Waals surface area contributed by atoms with Gasteiger partial charge in [0.05, 0.1) is 13.2 Å². The first kappa shape index (κ1) is 10.9. The highest BCUT2D eigenvalue weighted by molar-refractivity contribution is 14.1. The van der Waals surface area contributed by atoms with Gasteiger partial charge in [0.2, 0.25) is 0 Å². The third-order valence-electron chi connectivity index (χ3n) is 2.83. The Morgan fingerprint density at radius 3 is 2.43 bits per heavy atom. The SMILES string of the molecule is CC1(C)COC2(CC=C(I)CC2)OC1. The van der Waals surface area contributed by atoms with Crippen molar-refractivity contribution < 1.29 is 9.47 Å². The molecule has 0 aromatic heterocycles. The summed E-state index contributed by atoms with van der Waals surface area (Å²) in [6.45, 7) is 6.00. The van der Waals surface area contributed by atoms with Gasteiger partial charge in [-0.3, -0.25) is 0 Å². The van der Waals surface area contributed by atoms with Crippen LogP contribution in [0, 0.1) is 5.41 Å². The van der Waals surface area contributed by atoms with Crippen molar-refractivity contribution in [3.63, 3.8) is 0 Å². The number of halogens is 1. The smallest absolute Gasteiger partial charge is 0.172 e. The van der Waals surface area contributed by atoms with Crippen molar-refractivity contribution in [3.05, 3.63) is 9.66 Å². The van der Waals surface area contributed by atoms with Gasteiger partial charge in [-0.25, -0.2) is 0 Å². The second kappa shape index (κ2) is 3.76. The van der Waals surface area contributed by atoms with Crippen molar-refractivity contribution >= 4 is 22.6 Å². The maximum atomic E-state index is 5.90. The Hall–Kier alpha value is 0.390. The minimum atomic E-state index is -0.288. The Kier molecular flexibility index (Phi) is 2.92. The van der Waals surface area contributed by atoms with Gasteiger partial charge in [0.1, 0.15) is 0 Å². The van der Waals surface area contributed by atoms with Crippen LogP contribution in [0.15, 0.2) is 9.66 Å². The van der Waals surface area contributed by atoms with Gasteiger partial charge in [-0.15, -0.1) is 0 Å². The van der Waals surface area contributed by atoms with Crippen molar-refractivity contribution in [2.75, 3.05) is 13.2 Å². The lowest BCUT2D eigenvalue weighted by Gasteiger charge is -2.44. The fourth-order valence-electron chi connectivity index (χ4n) is 1.78. The lowest BCUT2D eigenvalue weighted by Crippen LogP contribution is -2.48. The van der Waals surface area contributed by atoms with Crippen LogP contribution < -0.4 is 0 Å². The first-order valence-electron chi connectivity index (χ1n) is 5.14. The Morgan fingerprint density at radius 2 is 1.93 bits per heavy atom. The Bertz CT molecular complexity index is 248. The Labute approximate surface area is 99.2 Å². The fraction of sp³-hybridized carbons (Fsp3) is 0.818. The van der Waals surface area contributed by atoms with Crippen LogP contribution in [0.2, 0.25) is 0 Å². The Morgan fingerprint density at radius 1 is 1.29 bits per heavy atom. The third kappa shape index (κ3) is 2.31. The van der Waals surface area contributed by atoms with E-state index in [0.29, 0.717) is 0 Å². The van der Waals surface area contributed by atoms with Crippen LogP contribution in [0.1, 0.15) is 33.1 Å². The molecule has 1 aliphatic carbocycles. The van der Waals surface area contributed by atoms with E-state index in [9.17, 15) is 0 Å². The number of ether oxygens (including phenoxy) is 2. The first-order chi connectivity index (χ1) is 6.52. The van der Waals surface area contributed by atoms with Gasteiger partial charge in [-0.05, 0) is 32.6 Å². The molecule has 1 heterocycles. The van der Waals surface area contributed by atoms with E-state index in [0.717, 1.165) is 32.5 Å². The summed E-state index contributed by atoms with van der Waals surface area (Å²) in [4.78, 5) is 0. The summed E-state index contributed by atoms with van der Waals surface area (Å²) in [5.41, 5.74) is 0.180. The van der Waals surface area contributed by atoms with Gasteiger partial charge >= 0.3 is 0 Å². The normalized spacial score (nSPS) is 30.1. The van der Waals surface area contributed by atoms with E-state index < -0.39 is 0 Å². The molecule has 3 heteroatoms. The summed E-state index contributed by atoms with van der Waals surface area (Å²) >= 11 is 2.39. The first-order valence-corrected chi connectivity index (χ1v) is 6.22. The average Bonchev–Trinajstić information content (AvgIpc) is 2.16. The van der Waals surface area contributed by atoms with Crippen molar-refractivity contribution in [1.82, 2.24) is 0 Å². The highest BCUT2D eigenvalue weighted by Crippen LogP contribution is 2.39. The van der Waals surface area contributed by atoms with Crippen molar-refractivity contribution in [2.45, 2.75) is 38.9 Å². The summed E-state index contributed by atoms with van der Waals surface area (Å²) < 4.78 is 13.2. The third-order valence-corrected chi connectivity index (χ3v) is 3.81. The Balaban J connectivity index is 2.00. The van der Waals surface area contributed by atoms with E-state index in [1.165, 1.54) is 3.58 Å². The van der Waals surface area contributed by atoms with Crippen LogP contribution in [0.4, 0.5) is 0 Å². The van der Waals surface area contributed by atoms with Gasteiger partial charge in [0.25, 0.3) is 0 Å². The van der Waals surface area contributed by atoms with E-state index in [4.69, 9.17) is 9.47 Å². The van der Waals surface area contributed by atoms with Gasteiger partial charge in [-0.2, -0.15) is 0 Å². The van der Waals surface area contributed by atoms with Crippen LogP contribution in [-0.2, 0) is 9.47 Å². The topological polar surface area (TPSA) is 18.5 Å². The maximum Gasteiger partial charge on any atom is 0.172 e. The van der Waals surface area contributed by atoms with E-state index in [1.807, 2.05) is 0 Å². The lowest BCUT2D eigenvalue weighted by molar-refractivity contribution is -0.300. The molecule has 0 N–H and O–H groups in total. The lowest BCUT2D eigenvalue weighted by atomic mass is 9.92. The van der Waals surface area contributed by atoms with E-state index in [-0.39, 0.29) is 11.2 Å². The quantitative estimate of drug-likeness (QED) is 0.640. The number of allylic oxidation sites excluding steroid dienone is 1. The molecular formula is C11H17IO2. The van der Waals surface area contributed by atoms with Crippen molar-refractivity contribution in [2.24, 2.45) is 5.41 Å². The van der Waals surface area contributed by atoms with Gasteiger partial charge in [0.15, 0.2) is 5.79 Å². The predicted octanol–water partition coefficient (Wildman–Crippen LogP) is 3.26. The highest BCUT2D eigenvalue weighted by Gasteiger charge is 2.40. The van der Waals surface area contributed by atoms with Crippen LogP contribution >= 0.6 is 22.6 Å². The molecule has 2 aliphatic rings. The van der Waals surface area contributed by atoms with E-state index in [1.54, 1.807) is 0 Å². The van der Waals surface area contributed by atoms with Gasteiger partial charge in [-0.1, -0.05) is 19.9 Å². The van der Waals surface area contributed by atoms with Crippen molar-refractivity contribution in [1.29, 1.82) is 0 Å². The average molecular weight is 308 g/mol. The minimum Gasteiger partial charge on any atom is -0.349 e. The molecule has 0 aromatic carbocycles. The van der Waals surface area contributed by atoms with E-state index >= 15 is 0 Å². The number of rotatable bonds is 0. The summed E-state index contributed by atoms with van der Waals surface area (Å²) in [5, 5.41) is 0. The predicted molar refractivity (Wildman–Crippen MR) is 64.4 cm³/mol. The second-order valence-corrected chi connectivity index (χ2v) is 6.39. The molecule has 14 heavy (non-hydrogen) atoms. The highest BCUT2D eigenvalue weighted by atomic mass is 127. The molecule has 0 bridgehead atoms. The summed E-state index contributed by atoms with van der Waals surface area (Å²) in [6.07, 6.45) is 5.27. The molecule has 1 spiro atoms. The van der Waals surface area contributed by atoms with E-state index in [2.05, 4.69) is 42.5 Å². The van der Waals surface area contributed by atoms with Crippen LogP contribution in [-0.4, -0.2) is 19.0 Å². The molecule has 0 radical (unpaired) electrons. The summed E-state index contributed by atoms with van der Waals surface area (Å²) in [6, 6.07) is 0. The van der Waals surface area contributed by atoms with Gasteiger partial charge in [0, 0.05) is 18.3 Å². The van der Waals surface area contributed by atoms with Crippen LogP contribution in [0.25, 0.3) is 0 Å². The van der Waals surface area contributed by atoms with Gasteiger partial charge < -0.3 is 9.47 Å². The molecule has 0 amide bonds. The molecule has 80 valence electrons. The monoisotopic (exact) mass is 308 g/mol. The molecule has 1 aliphatic heterocycles. The molecule has 0 saturated carbocycles. The molecule has 0 atom stereocenters. The van der Waals surface area contributed by atoms with Crippen LogP contribution in [0.5, 0.6) is 0 Å². The zero-order valence-electron chi connectivity index (χ0n) is 8.81. The molecular weight excluding hydrogens is 291 g/mol. The fourth-order valence-corrected chi connectivity index (χ4v) is 2.27. The zero-order valence-corrected chi connectivity index (χ0v) is 11.0. The number of hydrogen-bond acceptors (Lipinski definition) is 2. The standard InChI is InChI=1S/C11H17IO2/c1-10(2)7-13-11(14-8-10)5-3-9(12)4-6-11/h3H,4-8H2,1-2H3. The molecule has 0 unspecified atom stereocenters. The molecule has 2 nitrogen and oxygen atoms in total. The largest absolute Gasteiger partial charge is 0.349 e. The summed E-state index contributed by atoms with van der Waals surface area (Å²) in [7, 11) is 0. The molecule has 1 fully saturated rings. The molecule has 0 aromatic rings. The zero-order chi connectivity index (χ0) is 10.2. The molecule has 2 rings (SSSR count). The number of hydrogen-bond donors (Lipinski definition) is 0. The minimum absolute atomic E-state index is 0.180. The maximum absolute atomic E-state index is 5.90.